The second-order valence-corrected chi connectivity index (χ2v) is 30.9. The van der Waals surface area contributed by atoms with Gasteiger partial charge >= 0.3 is 56.1 Å². The zero-order valence-corrected chi connectivity index (χ0v) is 85.7. The molecule has 142 heavy (non-hydrogen) atoms. The van der Waals surface area contributed by atoms with E-state index in [9.17, 15) is 62.6 Å². The van der Waals surface area contributed by atoms with E-state index in [1.165, 1.54) is 118 Å². The van der Waals surface area contributed by atoms with E-state index in [0.717, 1.165) is 112 Å². The number of aliphatic hydroxyl groups excluding tert-OH is 1. The van der Waals surface area contributed by atoms with E-state index in [4.69, 9.17) is 55.3 Å². The van der Waals surface area contributed by atoms with Crippen LogP contribution in [-0.4, -0.2) is 249 Å². The number of nitrogens with two attached hydrogens (primary N) is 1. The predicted octanol–water partition coefficient (Wildman–Crippen LogP) is 0.197. The number of hydrogen-bond donors (Lipinski definition) is 11. The molecule has 1 unspecified atom stereocenters. The first-order valence-corrected chi connectivity index (χ1v) is 46.3. The largest absolute Gasteiger partial charge is 1.00 e. The molecule has 0 aliphatic carbocycles. The normalized spacial score (nSPS) is 10.8. The van der Waals surface area contributed by atoms with Gasteiger partial charge in [0, 0.05) is 128 Å². The molecule has 8 heterocycles. The molecule has 1 radical (unpaired) electrons. The number of aliphatic hydroxyl groups is 1. The fourth-order valence-electron chi connectivity index (χ4n) is 10.8. The van der Waals surface area contributed by atoms with Crippen LogP contribution in [-0.2, 0) is 57.8 Å². The molecule has 4 aromatic carbocycles. The number of carboxylic acid groups (broad SMARTS) is 1. The number of hydrogen-bond acceptors (Lipinski definition) is 35. The number of carboxylic acids is 1. The van der Waals surface area contributed by atoms with Crippen LogP contribution in [0.15, 0.2) is 199 Å². The van der Waals surface area contributed by atoms with Crippen LogP contribution in [0.2, 0.25) is 0 Å². The van der Waals surface area contributed by atoms with Gasteiger partial charge in [-0.2, -0.15) is 21.7 Å². The molecule has 7 aromatic heterocycles. The fourth-order valence-corrected chi connectivity index (χ4v) is 11.4. The van der Waals surface area contributed by atoms with Crippen LogP contribution in [0.25, 0.3) is 0 Å². The number of ether oxygens (including phenoxy) is 7. The van der Waals surface area contributed by atoms with Crippen molar-refractivity contribution in [2.75, 3.05) is 132 Å². The Labute approximate surface area is 869 Å². The van der Waals surface area contributed by atoms with Crippen molar-refractivity contribution in [1.82, 2.24) is 95.9 Å². The number of H-pyrrole nitrogens is 3. The predicted molar refractivity (Wildman–Crippen MR) is 537 cm³/mol. The van der Waals surface area contributed by atoms with Gasteiger partial charge in [-0.1, -0.05) is 106 Å². The van der Waals surface area contributed by atoms with Crippen LogP contribution in [0.4, 0.5) is 11.4 Å². The number of nitrogen functional groups attached to an aromatic ring is 1. The number of carbonyl (C=O) groups excluding carboxylic acids is 6. The summed E-state index contributed by atoms with van der Waals surface area (Å²) in [5.74, 6) is -1.16. The molecule has 12 rings (SSSR count). The number of Topliss-reactive ketones (excluding diaryl/α,β-unsaturated/α-hetero) is 2. The Morgan fingerprint density at radius 1 is 0.528 bits per heavy atom. The maximum atomic E-state index is 12.8. The van der Waals surface area contributed by atoms with E-state index in [1.807, 2.05) is 65.6 Å². The Hall–Kier alpha value is -12.0. The monoisotopic (exact) mass is 2130 g/mol. The maximum Gasteiger partial charge on any atom is 1.00 e. The number of aromatic nitrogens is 14. The zero-order valence-electron chi connectivity index (χ0n) is 80.9. The molecule has 1 fully saturated rings. The Morgan fingerprint density at radius 2 is 0.887 bits per heavy atom. The number of esters is 2. The summed E-state index contributed by atoms with van der Waals surface area (Å²) in [5.41, 5.74) is 9.71. The van der Waals surface area contributed by atoms with Gasteiger partial charge in [-0.25, -0.2) is 28.7 Å². The second kappa shape index (κ2) is 78.6. The van der Waals surface area contributed by atoms with Crippen molar-refractivity contribution in [2.45, 2.75) is 97.5 Å². The molecule has 11 aromatic rings. The summed E-state index contributed by atoms with van der Waals surface area (Å²) in [6, 6.07) is 41.9. The van der Waals surface area contributed by atoms with Crippen molar-refractivity contribution >= 4 is 105 Å². The summed E-state index contributed by atoms with van der Waals surface area (Å²) in [5, 5.41) is 69.7. The molecule has 1 atom stereocenters. The van der Waals surface area contributed by atoms with Crippen LogP contribution in [0.3, 0.4) is 0 Å². The average molecular weight is 2130 g/mol. The number of aromatic amines is 3. The first kappa shape index (κ1) is 132. The number of ketones is 2. The van der Waals surface area contributed by atoms with Crippen LogP contribution >= 0.6 is 51.7 Å². The number of nitrogens with one attached hydrogen (secondary N) is 9. The van der Waals surface area contributed by atoms with Gasteiger partial charge in [0.05, 0.1) is 77.6 Å². The first-order chi connectivity index (χ1) is 66.3. The first-order valence-electron chi connectivity index (χ1n) is 42.7. The number of halogens is 3. The Morgan fingerprint density at radius 3 is 1.22 bits per heavy atom. The van der Waals surface area contributed by atoms with Crippen molar-refractivity contribution in [3.05, 3.63) is 288 Å². The fraction of sp³-hybridized carbons (Fsp3) is 0.385. The number of aryl methyl sites for hydroxylation is 2. The number of amides is 1. The molecule has 0 saturated carbocycles. The Balaban J connectivity index is 0. The van der Waals surface area contributed by atoms with Gasteiger partial charge in [-0.15, -0.1) is 20.4 Å². The van der Waals surface area contributed by atoms with Gasteiger partial charge in [0.2, 0.25) is 23.5 Å². The molecule has 0 bridgehead atoms. The topological polar surface area (TPSA) is 607 Å². The number of carbonyl (C=O) groups is 6. The van der Waals surface area contributed by atoms with E-state index in [0.29, 0.717) is 84.4 Å². The van der Waals surface area contributed by atoms with Crippen molar-refractivity contribution in [1.29, 1.82) is 0 Å². The maximum absolute atomic E-state index is 12.8. The van der Waals surface area contributed by atoms with Crippen molar-refractivity contribution in [3.63, 3.8) is 0 Å². The van der Waals surface area contributed by atoms with E-state index < -0.39 is 30.1 Å². The van der Waals surface area contributed by atoms with Gasteiger partial charge < -0.3 is 91.3 Å². The van der Waals surface area contributed by atoms with Crippen molar-refractivity contribution in [3.8, 4) is 23.5 Å². The SMILES string of the molecule is C.CC(=O)c1cccc(CBr)c1.CNCCCBr.CNCCCOc1ccc(=O)[nH]n1.CNCCCOc1ccc(=O)n(Cc2cccc(C(=O)Nc3cn(C)nc3C(=O)OC)c2)n1.CNCCCOc1ccc(=O)n(Cc2cccc(C(=O)[O-])c2)n1.CNCCCOc1ccc(=O)n(Cc2cccc(C(C)=O)c2)n1.COC(=O)c1nn(C)cc1N.O=P[B]Cl.O=c1ccc(=O)[nH][nH]1.OC1CCCO1.[Li+].[Li+].[OH-]. The van der Waals surface area contributed by atoms with Crippen LogP contribution in [0, 0.1) is 0 Å². The molecular formula is C91H123BBr2ClLi2N21O23P. The minimum atomic E-state index is -1.26. The van der Waals surface area contributed by atoms with Crippen molar-refractivity contribution < 1.29 is 120 Å². The molecular weight excluding hydrogens is 2010 g/mol. The number of benzene rings is 4. The Kier molecular flexibility index (Phi) is 73.1. The number of nitrogens with zero attached hydrogens (tertiary/aromatic N) is 11. The quantitative estimate of drug-likeness (QED) is 0.00615. The molecule has 1 amide bonds. The molecule has 13 N–H and O–H groups in total. The number of rotatable bonds is 38. The van der Waals surface area contributed by atoms with E-state index in [-0.39, 0.29) is 140 Å². The molecule has 0 spiro atoms. The van der Waals surface area contributed by atoms with Gasteiger partial charge in [0.1, 0.15) is 8.34 Å². The number of alkyl halides is 2. The van der Waals surface area contributed by atoms with Crippen LogP contribution in [0.5, 0.6) is 23.5 Å². The molecule has 44 nitrogen and oxygen atoms in total. The van der Waals surface area contributed by atoms with Gasteiger partial charge in [-0.3, -0.25) is 67.3 Å². The smallest absolute Gasteiger partial charge is 0.870 e. The molecule has 761 valence electrons. The van der Waals surface area contributed by atoms with Gasteiger partial charge in [0.15, 0.2) is 29.2 Å². The number of anilines is 2. The summed E-state index contributed by atoms with van der Waals surface area (Å²) in [6.07, 6.45) is 10.1. The summed E-state index contributed by atoms with van der Waals surface area (Å²) < 4.78 is 51.5. The average Bonchev–Trinajstić information content (AvgIpc) is 1.58. The Bertz CT molecular complexity index is 5700. The summed E-state index contributed by atoms with van der Waals surface area (Å²) in [7, 11) is 15.2. The molecule has 1 saturated heterocycles. The standard InChI is InChI=1S/C22H26N6O5.C17H21N3O3.C16H19N3O4.C9H9BrO.C8H13N3O2.C6H9N3O2.C4H10BrN.C4H4N2O2.C4H8O2.CH4.BClOP.2Li.H2O/c1-23-10-5-11-33-18-8-9-19(29)28(25-18)13-15-6-4-7-16(12-15)21(30)24-17-14-27(2)26-20(17)22(31)32-3;1-13(21)15-6-3-5-14(11-15)12-20-17(22)8-7-16(19-20)23-10-4-9-18-2;1-17-8-3-9-23-14-6-7-15(20)19(18-14)11-12-4-2-5-13(10-12)16(21)22;1-7(11)9-4-2-3-8(5-9)6-10;1-9-5-2-6-13-8-4-3-7(12)10-11-8;1-9-3-4(7)5(8-9)6(10)11-2;1-6-4-2-3-5;7-3-1-2-4(8)6-5-3;5-4-2-1-3-6-4;;2-1-4-3;;;/h4,6-9,12,14,23H,5,10-11,13H2,1-3H3,(H,24,30);3,5-8,11,18H,4,9-10,12H2,1-2H3;2,4-7,10,17H,3,8-9,11H2,1H3,(H,21,22);2-5H,6H2,1H3;3-4,9H,2,5-6H2,1H3,(H,10,12);3H,7H2,1-2H3;6H,2-4H2,1H3;1-2H,(H,5,7)(H,6,8);4-5H,1-3H2;1H4;;;;1H2/q;;;;;;;;;;;2*+1;/p-2. The van der Waals surface area contributed by atoms with Crippen LogP contribution in [0.1, 0.15) is 151 Å². The minimum Gasteiger partial charge on any atom is -0.870 e. The summed E-state index contributed by atoms with van der Waals surface area (Å²) in [4.78, 5) is 136. The van der Waals surface area contributed by atoms with E-state index >= 15 is 0 Å². The number of methoxy groups -OCH3 is 2. The third-order valence-electron chi connectivity index (χ3n) is 17.5. The zero-order chi connectivity index (χ0) is 102. The van der Waals surface area contributed by atoms with Gasteiger partial charge in [0.25, 0.3) is 39.3 Å². The molecule has 51 heteroatoms. The third kappa shape index (κ3) is 56.0. The van der Waals surface area contributed by atoms with E-state index in [1.54, 1.807) is 93.9 Å². The number of aromatic carboxylic acids is 1. The van der Waals surface area contributed by atoms with Gasteiger partial charge in [-0.05, 0) is 178 Å². The van der Waals surface area contributed by atoms with Crippen LogP contribution < -0.4 is 133 Å². The van der Waals surface area contributed by atoms with E-state index in [2.05, 4.69) is 114 Å². The molecule has 1 aliphatic rings. The second-order valence-electron chi connectivity index (χ2n) is 28.6. The summed E-state index contributed by atoms with van der Waals surface area (Å²) in [6.45, 7) is 11.1. The summed E-state index contributed by atoms with van der Waals surface area (Å²) >= 11 is 11.4. The minimum absolute atomic E-state index is 0. The van der Waals surface area contributed by atoms with Crippen molar-refractivity contribution in [2.24, 2.45) is 14.1 Å². The molecule has 1 aliphatic heterocycles. The third-order valence-corrected chi connectivity index (χ3v) is 19.1.